The zero-order valence-electron chi connectivity index (χ0n) is 16.4. The lowest BCUT2D eigenvalue weighted by Crippen LogP contribution is -2.37. The first kappa shape index (κ1) is 19.5. The minimum atomic E-state index is -0.394. The number of ether oxygens (including phenoxy) is 1. The SMILES string of the molecule is COc1ccc(-n2c(C)cc(C=C3C(=N)N4C(C)=CSC4=NC3=O)c2C)cc1Cl. The fourth-order valence-corrected chi connectivity index (χ4v) is 4.63. The van der Waals surface area contributed by atoms with Crippen molar-refractivity contribution in [1.29, 1.82) is 5.41 Å². The monoisotopic (exact) mass is 426 g/mol. The number of hydrogen-bond donors (Lipinski definition) is 1. The van der Waals surface area contributed by atoms with Crippen LogP contribution in [0.2, 0.25) is 5.02 Å². The second kappa shape index (κ2) is 7.24. The Hall–Kier alpha value is -2.77. The van der Waals surface area contributed by atoms with Crippen molar-refractivity contribution in [2.24, 2.45) is 4.99 Å². The summed E-state index contributed by atoms with van der Waals surface area (Å²) in [6.07, 6.45) is 1.74. The van der Waals surface area contributed by atoms with Crippen LogP contribution in [0.15, 0.2) is 45.9 Å². The fourth-order valence-electron chi connectivity index (χ4n) is 3.52. The van der Waals surface area contributed by atoms with E-state index in [1.54, 1.807) is 18.1 Å². The minimum Gasteiger partial charge on any atom is -0.495 e. The van der Waals surface area contributed by atoms with Gasteiger partial charge in [-0.25, -0.2) is 0 Å². The van der Waals surface area contributed by atoms with Gasteiger partial charge in [0.05, 0.1) is 17.7 Å². The molecule has 148 valence electrons. The molecule has 0 atom stereocenters. The molecule has 8 heteroatoms. The third-order valence-electron chi connectivity index (χ3n) is 4.95. The molecule has 0 bridgehead atoms. The van der Waals surface area contributed by atoms with Gasteiger partial charge in [0.15, 0.2) is 5.17 Å². The van der Waals surface area contributed by atoms with E-state index in [0.29, 0.717) is 15.9 Å². The predicted molar refractivity (Wildman–Crippen MR) is 118 cm³/mol. The molecule has 1 aromatic heterocycles. The van der Waals surface area contributed by atoms with Gasteiger partial charge in [0.25, 0.3) is 5.91 Å². The van der Waals surface area contributed by atoms with Crippen molar-refractivity contribution in [2.75, 3.05) is 7.11 Å². The Morgan fingerprint density at radius 2 is 2.00 bits per heavy atom. The van der Waals surface area contributed by atoms with Crippen molar-refractivity contribution in [1.82, 2.24) is 9.47 Å². The van der Waals surface area contributed by atoms with Gasteiger partial charge in [0, 0.05) is 22.8 Å². The second-order valence-electron chi connectivity index (χ2n) is 6.80. The molecule has 2 aliphatic heterocycles. The van der Waals surface area contributed by atoms with E-state index in [9.17, 15) is 4.79 Å². The van der Waals surface area contributed by atoms with Crippen molar-refractivity contribution >= 4 is 46.3 Å². The number of nitrogens with one attached hydrogen (secondary N) is 1. The molecule has 0 saturated heterocycles. The Balaban J connectivity index is 1.77. The molecule has 0 aliphatic carbocycles. The number of fused-ring (bicyclic) bond motifs is 1. The highest BCUT2D eigenvalue weighted by atomic mass is 35.5. The maximum atomic E-state index is 12.5. The maximum Gasteiger partial charge on any atom is 0.283 e. The largest absolute Gasteiger partial charge is 0.495 e. The summed E-state index contributed by atoms with van der Waals surface area (Å²) >= 11 is 7.66. The van der Waals surface area contributed by atoms with Crippen molar-refractivity contribution in [2.45, 2.75) is 20.8 Å². The number of nitrogens with zero attached hydrogens (tertiary/aromatic N) is 3. The summed E-state index contributed by atoms with van der Waals surface area (Å²) in [5, 5.41) is 11.5. The Labute approximate surface area is 178 Å². The Kier molecular flexibility index (Phi) is 4.88. The summed E-state index contributed by atoms with van der Waals surface area (Å²) in [7, 11) is 1.58. The Morgan fingerprint density at radius 1 is 1.24 bits per heavy atom. The summed E-state index contributed by atoms with van der Waals surface area (Å²) in [6, 6.07) is 7.59. The number of hydrogen-bond acceptors (Lipinski definition) is 4. The molecule has 1 amide bonds. The molecule has 0 unspecified atom stereocenters. The molecule has 0 spiro atoms. The van der Waals surface area contributed by atoms with E-state index in [0.717, 1.165) is 28.3 Å². The van der Waals surface area contributed by atoms with Gasteiger partial charge in [-0.1, -0.05) is 23.4 Å². The highest BCUT2D eigenvalue weighted by molar-refractivity contribution is 8.16. The number of halogens is 1. The number of aryl methyl sites for hydroxylation is 1. The number of carbonyl (C=O) groups excluding carboxylic acids is 1. The lowest BCUT2D eigenvalue weighted by Gasteiger charge is -2.25. The normalized spacial score (nSPS) is 17.6. The van der Waals surface area contributed by atoms with E-state index in [4.69, 9.17) is 21.7 Å². The van der Waals surface area contributed by atoms with E-state index in [1.807, 2.05) is 50.4 Å². The number of aromatic nitrogens is 1. The van der Waals surface area contributed by atoms with Gasteiger partial charge >= 0.3 is 0 Å². The van der Waals surface area contributed by atoms with Gasteiger partial charge in [-0.3, -0.25) is 15.1 Å². The number of aliphatic imine (C=N–C) groups is 1. The van der Waals surface area contributed by atoms with Crippen LogP contribution in [0.3, 0.4) is 0 Å². The van der Waals surface area contributed by atoms with E-state index in [-0.39, 0.29) is 11.4 Å². The molecule has 6 nitrogen and oxygen atoms in total. The van der Waals surface area contributed by atoms with Gasteiger partial charge in [0.2, 0.25) is 0 Å². The fraction of sp³-hybridized carbons (Fsp3) is 0.190. The Bertz CT molecular complexity index is 1160. The highest BCUT2D eigenvalue weighted by Gasteiger charge is 2.34. The topological polar surface area (TPSA) is 70.7 Å². The number of carbonyl (C=O) groups is 1. The van der Waals surface area contributed by atoms with Gasteiger partial charge in [-0.2, -0.15) is 4.99 Å². The Morgan fingerprint density at radius 3 is 2.69 bits per heavy atom. The summed E-state index contributed by atoms with van der Waals surface area (Å²) in [6.45, 7) is 5.86. The van der Waals surface area contributed by atoms with E-state index < -0.39 is 5.91 Å². The summed E-state index contributed by atoms with van der Waals surface area (Å²) < 4.78 is 7.29. The minimum absolute atomic E-state index is 0.149. The van der Waals surface area contributed by atoms with Crippen molar-refractivity contribution in [3.63, 3.8) is 0 Å². The summed E-state index contributed by atoms with van der Waals surface area (Å²) in [4.78, 5) is 18.4. The molecular formula is C21H19ClN4O2S. The standard InChI is InChI=1S/C21H19ClN4O2S/c1-11-7-14(13(3)25(11)15-5-6-18(28-4)17(22)9-15)8-16-19(23)26-12(2)10-29-21(26)24-20(16)27/h5-10,23H,1-4H3. The summed E-state index contributed by atoms with van der Waals surface area (Å²) in [5.41, 5.74) is 4.84. The second-order valence-corrected chi connectivity index (χ2v) is 8.04. The van der Waals surface area contributed by atoms with Crippen LogP contribution in [0.1, 0.15) is 23.9 Å². The molecule has 1 aromatic carbocycles. The smallest absolute Gasteiger partial charge is 0.283 e. The number of allylic oxidation sites excluding steroid dienone is 1. The predicted octanol–water partition coefficient (Wildman–Crippen LogP) is 4.92. The first-order valence-corrected chi connectivity index (χ1v) is 10.2. The number of benzene rings is 1. The van der Waals surface area contributed by atoms with Gasteiger partial charge in [-0.15, -0.1) is 0 Å². The van der Waals surface area contributed by atoms with Crippen LogP contribution in [0, 0.1) is 19.3 Å². The van der Waals surface area contributed by atoms with Crippen LogP contribution in [0.25, 0.3) is 11.8 Å². The number of thioether (sulfide) groups is 1. The molecule has 2 aliphatic rings. The van der Waals surface area contributed by atoms with Crippen LogP contribution in [-0.2, 0) is 4.79 Å². The quantitative estimate of drug-likeness (QED) is 0.707. The molecule has 2 aromatic rings. The van der Waals surface area contributed by atoms with Gasteiger partial charge in [0.1, 0.15) is 11.6 Å². The van der Waals surface area contributed by atoms with Crippen LogP contribution in [0.5, 0.6) is 5.75 Å². The molecule has 0 saturated carbocycles. The first-order chi connectivity index (χ1) is 13.8. The van der Waals surface area contributed by atoms with Gasteiger partial charge in [-0.05, 0) is 62.1 Å². The number of methoxy groups -OCH3 is 1. The molecule has 1 N–H and O–H groups in total. The van der Waals surface area contributed by atoms with Gasteiger partial charge < -0.3 is 9.30 Å². The average Bonchev–Trinajstić information content (AvgIpc) is 3.17. The first-order valence-electron chi connectivity index (χ1n) is 8.92. The molecule has 29 heavy (non-hydrogen) atoms. The summed E-state index contributed by atoms with van der Waals surface area (Å²) in [5.74, 6) is 0.368. The zero-order chi connectivity index (χ0) is 20.9. The number of amides is 1. The van der Waals surface area contributed by atoms with Crippen molar-refractivity contribution in [3.05, 3.63) is 62.9 Å². The third kappa shape index (κ3) is 3.20. The molecule has 4 rings (SSSR count). The molecule has 3 heterocycles. The lowest BCUT2D eigenvalue weighted by molar-refractivity contribution is -0.114. The molecular weight excluding hydrogens is 408 g/mol. The number of rotatable bonds is 3. The van der Waals surface area contributed by atoms with Crippen LogP contribution in [-0.4, -0.2) is 33.5 Å². The van der Waals surface area contributed by atoms with Crippen LogP contribution in [0.4, 0.5) is 0 Å². The zero-order valence-corrected chi connectivity index (χ0v) is 18.0. The van der Waals surface area contributed by atoms with Crippen LogP contribution < -0.4 is 4.74 Å². The average molecular weight is 427 g/mol. The van der Waals surface area contributed by atoms with E-state index >= 15 is 0 Å². The lowest BCUT2D eigenvalue weighted by atomic mass is 10.1. The third-order valence-corrected chi connectivity index (χ3v) is 6.19. The highest BCUT2D eigenvalue weighted by Crippen LogP contribution is 2.33. The maximum absolute atomic E-state index is 12.5. The van der Waals surface area contributed by atoms with Crippen LogP contribution >= 0.6 is 23.4 Å². The number of amidine groups is 2. The molecule has 0 fully saturated rings. The molecule has 0 radical (unpaired) electrons. The van der Waals surface area contributed by atoms with Crippen molar-refractivity contribution < 1.29 is 9.53 Å². The van der Waals surface area contributed by atoms with Crippen molar-refractivity contribution in [3.8, 4) is 11.4 Å². The van der Waals surface area contributed by atoms with E-state index in [2.05, 4.69) is 9.56 Å². The van der Waals surface area contributed by atoms with E-state index in [1.165, 1.54) is 11.8 Å².